The van der Waals surface area contributed by atoms with Gasteiger partial charge < -0.3 is 9.84 Å². The van der Waals surface area contributed by atoms with Crippen LogP contribution in [0.25, 0.3) is 0 Å². The highest BCUT2D eigenvalue weighted by molar-refractivity contribution is 7.90. The number of methoxy groups -OCH3 is 1. The Kier molecular flexibility index (Phi) is 5.03. The number of ether oxygens (including phenoxy) is 1. The van der Waals surface area contributed by atoms with E-state index in [1.54, 1.807) is 0 Å². The highest BCUT2D eigenvalue weighted by Crippen LogP contribution is 2.28. The molecule has 0 unspecified atom stereocenters. The third-order valence-electron chi connectivity index (χ3n) is 2.45. The summed E-state index contributed by atoms with van der Waals surface area (Å²) in [4.78, 5) is 20.5. The summed E-state index contributed by atoms with van der Waals surface area (Å²) in [5, 5.41) is 19.3. The highest BCUT2D eigenvalue weighted by Gasteiger charge is 2.19. The molecule has 0 fully saturated rings. The average molecular weight is 303 g/mol. The molecule has 0 aliphatic carbocycles. The Labute approximate surface area is 115 Å². The molecule has 0 amide bonds. The summed E-state index contributed by atoms with van der Waals surface area (Å²) in [5.74, 6) is -2.15. The second-order valence-electron chi connectivity index (χ2n) is 4.00. The van der Waals surface area contributed by atoms with Gasteiger partial charge in [-0.25, -0.2) is 8.42 Å². The van der Waals surface area contributed by atoms with Crippen molar-refractivity contribution in [3.8, 4) is 5.75 Å². The fourth-order valence-electron chi connectivity index (χ4n) is 1.54. The van der Waals surface area contributed by atoms with E-state index in [4.69, 9.17) is 9.84 Å². The van der Waals surface area contributed by atoms with Crippen LogP contribution in [0.1, 0.15) is 12.0 Å². The van der Waals surface area contributed by atoms with Crippen molar-refractivity contribution in [3.63, 3.8) is 0 Å². The van der Waals surface area contributed by atoms with Crippen molar-refractivity contribution in [2.75, 3.05) is 12.9 Å². The van der Waals surface area contributed by atoms with E-state index in [1.165, 1.54) is 19.2 Å². The van der Waals surface area contributed by atoms with Crippen LogP contribution in [0, 0.1) is 10.1 Å². The monoisotopic (exact) mass is 303 g/mol. The van der Waals surface area contributed by atoms with Crippen LogP contribution in [-0.4, -0.2) is 37.3 Å². The lowest BCUT2D eigenvalue weighted by Gasteiger charge is -2.05. The van der Waals surface area contributed by atoms with Crippen molar-refractivity contribution >= 4 is 21.5 Å². The van der Waals surface area contributed by atoms with Gasteiger partial charge in [-0.3, -0.25) is 14.9 Å². The fourth-order valence-corrected chi connectivity index (χ4v) is 2.85. The smallest absolute Gasteiger partial charge is 0.311 e. The molecule has 8 nitrogen and oxygen atoms in total. The molecule has 110 valence electrons. The van der Waals surface area contributed by atoms with Crippen LogP contribution >= 0.6 is 0 Å². The first-order valence-electron chi connectivity index (χ1n) is 5.48. The van der Waals surface area contributed by atoms with Crippen LogP contribution in [0.4, 0.5) is 5.69 Å². The maximum Gasteiger partial charge on any atom is 0.311 e. The lowest BCUT2D eigenvalue weighted by atomic mass is 10.2. The van der Waals surface area contributed by atoms with Crippen molar-refractivity contribution in [1.29, 1.82) is 0 Å². The molecule has 0 bridgehead atoms. The lowest BCUT2D eigenvalue weighted by Crippen LogP contribution is -2.13. The van der Waals surface area contributed by atoms with E-state index in [0.29, 0.717) is 0 Å². The van der Waals surface area contributed by atoms with Crippen molar-refractivity contribution in [3.05, 3.63) is 33.9 Å². The number of rotatable bonds is 7. The number of benzene rings is 1. The molecule has 0 aliphatic rings. The largest absolute Gasteiger partial charge is 0.490 e. The van der Waals surface area contributed by atoms with Gasteiger partial charge in [0.15, 0.2) is 15.6 Å². The molecule has 0 saturated carbocycles. The molecule has 0 aromatic heterocycles. The van der Waals surface area contributed by atoms with Crippen molar-refractivity contribution < 1.29 is 28.0 Å². The number of hydrogen-bond acceptors (Lipinski definition) is 6. The lowest BCUT2D eigenvalue weighted by molar-refractivity contribution is -0.385. The molecule has 0 heterocycles. The van der Waals surface area contributed by atoms with E-state index in [2.05, 4.69) is 0 Å². The van der Waals surface area contributed by atoms with Crippen molar-refractivity contribution in [2.24, 2.45) is 0 Å². The predicted octanol–water partition coefficient (Wildman–Crippen LogP) is 0.993. The van der Waals surface area contributed by atoms with Gasteiger partial charge in [-0.05, 0) is 11.6 Å². The molecule has 0 aliphatic heterocycles. The topological polar surface area (TPSA) is 124 Å². The minimum absolute atomic E-state index is 0.0293. The second-order valence-corrected chi connectivity index (χ2v) is 6.18. The summed E-state index contributed by atoms with van der Waals surface area (Å²) in [6.07, 6.45) is -0.499. The summed E-state index contributed by atoms with van der Waals surface area (Å²) in [6, 6.07) is 3.81. The maximum absolute atomic E-state index is 11.7. The van der Waals surface area contributed by atoms with E-state index < -0.39 is 38.7 Å². The minimum atomic E-state index is -3.64. The Morgan fingerprint density at radius 3 is 2.60 bits per heavy atom. The molecule has 20 heavy (non-hydrogen) atoms. The molecule has 1 N–H and O–H groups in total. The van der Waals surface area contributed by atoms with Crippen LogP contribution in [0.15, 0.2) is 18.2 Å². The van der Waals surface area contributed by atoms with E-state index in [-0.39, 0.29) is 17.0 Å². The molecule has 9 heteroatoms. The average Bonchev–Trinajstić information content (AvgIpc) is 2.36. The van der Waals surface area contributed by atoms with E-state index >= 15 is 0 Å². The fraction of sp³-hybridized carbons (Fsp3) is 0.364. The maximum atomic E-state index is 11.7. The Balaban J connectivity index is 2.96. The molecule has 1 aromatic carbocycles. The summed E-state index contributed by atoms with van der Waals surface area (Å²) < 4.78 is 28.2. The van der Waals surface area contributed by atoms with Crippen LogP contribution < -0.4 is 4.74 Å². The third kappa shape index (κ3) is 4.50. The molecular formula is C11H13NO7S. The number of carboxylic acid groups (broad SMARTS) is 1. The first-order chi connectivity index (χ1) is 9.25. The summed E-state index contributed by atoms with van der Waals surface area (Å²) in [7, 11) is -2.37. The van der Waals surface area contributed by atoms with Gasteiger partial charge in [-0.15, -0.1) is 0 Å². The minimum Gasteiger partial charge on any atom is -0.490 e. The van der Waals surface area contributed by atoms with E-state index in [0.717, 1.165) is 6.07 Å². The number of nitro benzene ring substituents is 1. The van der Waals surface area contributed by atoms with Crippen LogP contribution in [-0.2, 0) is 20.4 Å². The summed E-state index contributed by atoms with van der Waals surface area (Å²) >= 11 is 0. The molecule has 1 rings (SSSR count). The quantitative estimate of drug-likeness (QED) is 0.588. The SMILES string of the molecule is COc1ccc(CS(=O)(=O)CCC(=O)O)cc1[N+](=O)[O-]. The van der Waals surface area contributed by atoms with Gasteiger partial charge in [0.1, 0.15) is 0 Å². The van der Waals surface area contributed by atoms with Gasteiger partial charge >= 0.3 is 11.7 Å². The Morgan fingerprint density at radius 1 is 1.45 bits per heavy atom. The normalized spacial score (nSPS) is 11.1. The summed E-state index contributed by atoms with van der Waals surface area (Å²) in [6.45, 7) is 0. The zero-order valence-corrected chi connectivity index (χ0v) is 11.4. The number of carboxylic acids is 1. The summed E-state index contributed by atoms with van der Waals surface area (Å²) in [5.41, 5.74) is -0.124. The second kappa shape index (κ2) is 6.33. The van der Waals surface area contributed by atoms with Crippen LogP contribution in [0.5, 0.6) is 5.75 Å². The number of sulfone groups is 1. The van der Waals surface area contributed by atoms with Crippen LogP contribution in [0.3, 0.4) is 0 Å². The number of aliphatic carboxylic acids is 1. The van der Waals surface area contributed by atoms with Gasteiger partial charge in [-0.1, -0.05) is 6.07 Å². The van der Waals surface area contributed by atoms with Gasteiger partial charge in [0.25, 0.3) is 0 Å². The Morgan fingerprint density at radius 2 is 2.10 bits per heavy atom. The Bertz CT molecular complexity index is 624. The van der Waals surface area contributed by atoms with Crippen molar-refractivity contribution in [2.45, 2.75) is 12.2 Å². The Hall–Kier alpha value is -2.16. The number of carbonyl (C=O) groups is 1. The number of nitro groups is 1. The predicted molar refractivity (Wildman–Crippen MR) is 69.4 cm³/mol. The molecule has 0 saturated heterocycles. The first kappa shape index (κ1) is 15.9. The molecular weight excluding hydrogens is 290 g/mol. The molecule has 0 spiro atoms. The number of nitrogens with zero attached hydrogens (tertiary/aromatic N) is 1. The van der Waals surface area contributed by atoms with Crippen molar-refractivity contribution in [1.82, 2.24) is 0 Å². The van der Waals surface area contributed by atoms with Gasteiger partial charge in [-0.2, -0.15) is 0 Å². The van der Waals surface area contributed by atoms with E-state index in [1.807, 2.05) is 0 Å². The molecule has 0 radical (unpaired) electrons. The third-order valence-corrected chi connectivity index (χ3v) is 4.05. The molecule has 1 aromatic rings. The van der Waals surface area contributed by atoms with Gasteiger partial charge in [0, 0.05) is 6.07 Å². The molecule has 0 atom stereocenters. The zero-order chi connectivity index (χ0) is 15.3. The standard InChI is InChI=1S/C11H13NO7S/c1-19-10-3-2-8(6-9(10)12(15)16)7-20(17,18)5-4-11(13)14/h2-3,6H,4-5,7H2,1H3,(H,13,14). The number of hydrogen-bond donors (Lipinski definition) is 1. The first-order valence-corrected chi connectivity index (χ1v) is 7.31. The van der Waals surface area contributed by atoms with Gasteiger partial charge in [0.2, 0.25) is 0 Å². The van der Waals surface area contributed by atoms with Crippen LogP contribution in [0.2, 0.25) is 0 Å². The highest BCUT2D eigenvalue weighted by atomic mass is 32.2. The zero-order valence-electron chi connectivity index (χ0n) is 10.6. The van der Waals surface area contributed by atoms with E-state index in [9.17, 15) is 23.3 Å². The van der Waals surface area contributed by atoms with Gasteiger partial charge in [0.05, 0.1) is 30.0 Å².